The van der Waals surface area contributed by atoms with E-state index in [1.807, 2.05) is 25.1 Å². The quantitative estimate of drug-likeness (QED) is 0.488. The van der Waals surface area contributed by atoms with E-state index in [1.165, 1.54) is 5.56 Å². The molecule has 0 radical (unpaired) electrons. The zero-order valence-corrected chi connectivity index (χ0v) is 16.5. The van der Waals surface area contributed by atoms with Gasteiger partial charge in [0.05, 0.1) is 4.43 Å². The van der Waals surface area contributed by atoms with Gasteiger partial charge in [-0.05, 0) is 19.0 Å². The summed E-state index contributed by atoms with van der Waals surface area (Å²) in [5, 5.41) is 10.3. The first-order chi connectivity index (χ1) is 11.5. The molecule has 130 valence electrons. The Morgan fingerprint density at radius 3 is 2.67 bits per heavy atom. The Bertz CT molecular complexity index is 659. The Morgan fingerprint density at radius 1 is 1.38 bits per heavy atom. The van der Waals surface area contributed by atoms with Crippen molar-refractivity contribution in [2.45, 2.75) is 36.7 Å². The summed E-state index contributed by atoms with van der Waals surface area (Å²) in [6.07, 6.45) is 0. The lowest BCUT2D eigenvalue weighted by molar-refractivity contribution is 0.0911. The molecule has 0 aliphatic heterocycles. The van der Waals surface area contributed by atoms with Crippen LogP contribution in [0.5, 0.6) is 0 Å². The van der Waals surface area contributed by atoms with Crippen LogP contribution < -0.4 is 10.6 Å². The van der Waals surface area contributed by atoms with Crippen LogP contribution in [0.25, 0.3) is 0 Å². The number of amides is 1. The summed E-state index contributed by atoms with van der Waals surface area (Å²) in [6, 6.07) is 11.9. The van der Waals surface area contributed by atoms with E-state index in [0.717, 1.165) is 13.1 Å². The summed E-state index contributed by atoms with van der Waals surface area (Å²) in [7, 11) is 0. The molecule has 1 aromatic carbocycles. The molecule has 0 fully saturated rings. The predicted molar refractivity (Wildman–Crippen MR) is 103 cm³/mol. The molecule has 0 aliphatic carbocycles. The SMILES string of the molecule is CCNCC(C)(c1ccccc1)C(C)NC(=O)c1cc(CI)on1. The Balaban J connectivity index is 2.18. The van der Waals surface area contributed by atoms with Crippen molar-refractivity contribution in [3.05, 3.63) is 53.4 Å². The van der Waals surface area contributed by atoms with Crippen LogP contribution >= 0.6 is 22.6 Å². The summed E-state index contributed by atoms with van der Waals surface area (Å²) >= 11 is 2.18. The van der Waals surface area contributed by atoms with E-state index in [1.54, 1.807) is 6.07 Å². The average Bonchev–Trinajstić information content (AvgIpc) is 3.09. The Morgan fingerprint density at radius 2 is 2.08 bits per heavy atom. The highest BCUT2D eigenvalue weighted by molar-refractivity contribution is 14.1. The smallest absolute Gasteiger partial charge is 0.273 e. The van der Waals surface area contributed by atoms with E-state index in [-0.39, 0.29) is 17.4 Å². The highest BCUT2D eigenvalue weighted by Crippen LogP contribution is 2.27. The van der Waals surface area contributed by atoms with Gasteiger partial charge in [-0.15, -0.1) is 0 Å². The molecule has 0 saturated carbocycles. The Kier molecular flexibility index (Phi) is 6.79. The largest absolute Gasteiger partial charge is 0.360 e. The Labute approximate surface area is 156 Å². The fraction of sp³-hybridized carbons (Fsp3) is 0.444. The van der Waals surface area contributed by atoms with Crippen molar-refractivity contribution in [2.75, 3.05) is 13.1 Å². The average molecular weight is 441 g/mol. The molecule has 24 heavy (non-hydrogen) atoms. The lowest BCUT2D eigenvalue weighted by atomic mass is 9.76. The number of aromatic nitrogens is 1. The number of hydrogen-bond acceptors (Lipinski definition) is 4. The maximum atomic E-state index is 12.5. The molecule has 0 bridgehead atoms. The first kappa shape index (κ1) is 18.9. The van der Waals surface area contributed by atoms with Crippen molar-refractivity contribution in [1.82, 2.24) is 15.8 Å². The second kappa shape index (κ2) is 8.62. The standard InChI is InChI=1S/C18H24IN3O2/c1-4-20-12-18(3,14-8-6-5-7-9-14)13(2)21-17(23)16-10-15(11-19)24-22-16/h5-10,13,20H,4,11-12H2,1-3H3,(H,21,23). The number of carbonyl (C=O) groups excluding carboxylic acids is 1. The molecule has 2 rings (SSSR count). The molecule has 2 aromatic rings. The number of rotatable bonds is 8. The minimum Gasteiger partial charge on any atom is -0.360 e. The third kappa shape index (κ3) is 4.36. The highest BCUT2D eigenvalue weighted by Gasteiger charge is 2.34. The molecule has 2 unspecified atom stereocenters. The molecule has 0 aliphatic rings. The van der Waals surface area contributed by atoms with Crippen LogP contribution in [-0.4, -0.2) is 30.2 Å². The van der Waals surface area contributed by atoms with E-state index in [2.05, 4.69) is 64.4 Å². The number of likely N-dealkylation sites (N-methyl/N-ethyl adjacent to an activating group) is 1. The third-order valence-electron chi connectivity index (χ3n) is 4.40. The fourth-order valence-corrected chi connectivity index (χ4v) is 2.98. The van der Waals surface area contributed by atoms with E-state index >= 15 is 0 Å². The van der Waals surface area contributed by atoms with Gasteiger partial charge >= 0.3 is 0 Å². The van der Waals surface area contributed by atoms with Gasteiger partial charge in [0.15, 0.2) is 5.69 Å². The highest BCUT2D eigenvalue weighted by atomic mass is 127. The van der Waals surface area contributed by atoms with Crippen LogP contribution in [0.2, 0.25) is 0 Å². The monoisotopic (exact) mass is 441 g/mol. The molecule has 1 aromatic heterocycles. The minimum absolute atomic E-state index is 0.0776. The van der Waals surface area contributed by atoms with Crippen LogP contribution in [0.3, 0.4) is 0 Å². The lowest BCUT2D eigenvalue weighted by Gasteiger charge is -2.37. The number of alkyl halides is 1. The zero-order chi connectivity index (χ0) is 17.6. The van der Waals surface area contributed by atoms with Crippen molar-refractivity contribution in [3.63, 3.8) is 0 Å². The van der Waals surface area contributed by atoms with E-state index in [9.17, 15) is 4.79 Å². The van der Waals surface area contributed by atoms with Gasteiger partial charge in [0.2, 0.25) is 0 Å². The van der Waals surface area contributed by atoms with Crippen LogP contribution in [0.4, 0.5) is 0 Å². The molecule has 2 N–H and O–H groups in total. The number of hydrogen-bond donors (Lipinski definition) is 2. The molecule has 1 amide bonds. The molecular formula is C18H24IN3O2. The number of nitrogens with one attached hydrogen (secondary N) is 2. The van der Waals surface area contributed by atoms with Gasteiger partial charge < -0.3 is 15.2 Å². The van der Waals surface area contributed by atoms with Crippen molar-refractivity contribution in [1.29, 1.82) is 0 Å². The van der Waals surface area contributed by atoms with Crippen LogP contribution in [0.15, 0.2) is 40.9 Å². The van der Waals surface area contributed by atoms with Gasteiger partial charge in [0.25, 0.3) is 5.91 Å². The first-order valence-electron chi connectivity index (χ1n) is 8.10. The summed E-state index contributed by atoms with van der Waals surface area (Å²) < 4.78 is 5.81. The molecule has 1 heterocycles. The van der Waals surface area contributed by atoms with Crippen molar-refractivity contribution < 1.29 is 9.32 Å². The van der Waals surface area contributed by atoms with E-state index < -0.39 is 0 Å². The van der Waals surface area contributed by atoms with Gasteiger partial charge in [-0.3, -0.25) is 4.79 Å². The fourth-order valence-electron chi connectivity index (χ4n) is 2.62. The zero-order valence-electron chi connectivity index (χ0n) is 14.3. The van der Waals surface area contributed by atoms with E-state index in [4.69, 9.17) is 4.52 Å². The number of halogens is 1. The van der Waals surface area contributed by atoms with Crippen LogP contribution in [0.1, 0.15) is 42.6 Å². The topological polar surface area (TPSA) is 67.2 Å². The van der Waals surface area contributed by atoms with Crippen molar-refractivity contribution in [2.24, 2.45) is 0 Å². The third-order valence-corrected chi connectivity index (χ3v) is 5.15. The maximum absolute atomic E-state index is 12.5. The summed E-state index contributed by atoms with van der Waals surface area (Å²) in [5.41, 5.74) is 1.28. The second-order valence-electron chi connectivity index (χ2n) is 6.07. The van der Waals surface area contributed by atoms with Crippen molar-refractivity contribution in [3.8, 4) is 0 Å². The molecular weight excluding hydrogens is 417 g/mol. The number of nitrogens with zero attached hydrogens (tertiary/aromatic N) is 1. The summed E-state index contributed by atoms with van der Waals surface area (Å²) in [4.78, 5) is 12.5. The number of benzene rings is 1. The maximum Gasteiger partial charge on any atom is 0.273 e. The van der Waals surface area contributed by atoms with Crippen molar-refractivity contribution >= 4 is 28.5 Å². The molecule has 0 saturated heterocycles. The molecule has 2 atom stereocenters. The van der Waals surface area contributed by atoms with Gasteiger partial charge in [0, 0.05) is 24.1 Å². The van der Waals surface area contributed by atoms with Gasteiger partial charge in [-0.1, -0.05) is 71.9 Å². The molecule has 5 nitrogen and oxygen atoms in total. The molecule has 0 spiro atoms. The van der Waals surface area contributed by atoms with Gasteiger partial charge in [-0.25, -0.2) is 0 Å². The Hall–Kier alpha value is -1.41. The molecule has 6 heteroatoms. The summed E-state index contributed by atoms with van der Waals surface area (Å²) in [6.45, 7) is 7.92. The number of carbonyl (C=O) groups is 1. The second-order valence-corrected chi connectivity index (χ2v) is 6.83. The lowest BCUT2D eigenvalue weighted by Crippen LogP contribution is -2.52. The predicted octanol–water partition coefficient (Wildman–Crippen LogP) is 3.30. The van der Waals surface area contributed by atoms with Crippen LogP contribution in [-0.2, 0) is 9.84 Å². The van der Waals surface area contributed by atoms with Crippen LogP contribution in [0, 0.1) is 0 Å². The van der Waals surface area contributed by atoms with Gasteiger partial charge in [-0.2, -0.15) is 0 Å². The first-order valence-corrected chi connectivity index (χ1v) is 9.62. The van der Waals surface area contributed by atoms with Gasteiger partial charge in [0.1, 0.15) is 5.76 Å². The van der Waals surface area contributed by atoms with E-state index in [0.29, 0.717) is 15.9 Å². The summed E-state index contributed by atoms with van der Waals surface area (Å²) in [5.74, 6) is 0.493. The normalized spacial score (nSPS) is 14.8. The minimum atomic E-state index is -0.233.